The Morgan fingerprint density at radius 1 is 1.15 bits per heavy atom. The molecule has 33 heavy (non-hydrogen) atoms. The van der Waals surface area contributed by atoms with E-state index >= 15 is 0 Å². The largest absolute Gasteiger partial charge is 0.393 e. The number of rotatable bonds is 5. The number of aliphatic hydroxyl groups is 2. The van der Waals surface area contributed by atoms with Gasteiger partial charge in [-0.3, -0.25) is 4.79 Å². The Morgan fingerprint density at radius 3 is 2.67 bits per heavy atom. The topological polar surface area (TPSA) is 82.5 Å². The molecule has 5 nitrogen and oxygen atoms in total. The Bertz CT molecular complexity index is 846. The van der Waals surface area contributed by atoms with Gasteiger partial charge in [0.15, 0.2) is 0 Å². The van der Waals surface area contributed by atoms with Gasteiger partial charge in [-0.05, 0) is 97.7 Å². The average molecular weight is 475 g/mol. The number of carbonyl (C=O) groups excluding carboxylic acids is 1. The Balaban J connectivity index is 1.27. The number of hydrogen-bond donors (Lipinski definition) is 3. The van der Waals surface area contributed by atoms with Crippen molar-refractivity contribution in [3.05, 3.63) is 16.6 Å². The summed E-state index contributed by atoms with van der Waals surface area (Å²) in [6, 6.07) is 0. The lowest BCUT2D eigenvalue weighted by molar-refractivity contribution is -0.174. The molecule has 4 fully saturated rings. The third-order valence-electron chi connectivity index (χ3n) is 10.8. The zero-order valence-electron chi connectivity index (χ0n) is 20.5. The minimum absolute atomic E-state index is 0.132. The first-order valence-electron chi connectivity index (χ1n) is 13.2. The minimum atomic E-state index is -0.237. The van der Waals surface area contributed by atoms with Gasteiger partial charge in [0.05, 0.1) is 18.8 Å². The lowest BCUT2D eigenvalue weighted by atomic mass is 9.43. The van der Waals surface area contributed by atoms with Gasteiger partial charge in [-0.25, -0.2) is 4.98 Å². The summed E-state index contributed by atoms with van der Waals surface area (Å²) in [6.07, 6.45) is 10.5. The fraction of sp³-hybridized carbons (Fsp3) is 0.852. The van der Waals surface area contributed by atoms with Gasteiger partial charge in [0.1, 0.15) is 5.01 Å². The van der Waals surface area contributed by atoms with Crippen LogP contribution in [0.5, 0.6) is 0 Å². The third-order valence-corrected chi connectivity index (χ3v) is 11.6. The molecule has 0 aromatic carbocycles. The minimum Gasteiger partial charge on any atom is -0.393 e. The highest BCUT2D eigenvalue weighted by Crippen LogP contribution is 2.68. The van der Waals surface area contributed by atoms with Crippen LogP contribution in [0.4, 0.5) is 0 Å². The van der Waals surface area contributed by atoms with Crippen molar-refractivity contribution in [1.82, 2.24) is 10.3 Å². The third kappa shape index (κ3) is 4.08. The summed E-state index contributed by atoms with van der Waals surface area (Å²) in [5, 5.41) is 27.6. The molecule has 0 bridgehead atoms. The monoisotopic (exact) mass is 474 g/mol. The molecular weight excluding hydrogens is 432 g/mol. The standard InChI is InChI=1S/C27H42N2O3S/c1-16(12-23(32)29-15-24-28-10-11-33-24)19-4-5-20-25-21(7-9-27(19,20)3)26(2)8-6-18(30)13-17(26)14-22(25)31/h10-11,16-22,25,30-31H,4-9,12-15H2,1-3H3,(H,29,32)/t16-,17?,18-,19?,20+,21+,22-,25?,26?,27?/m1/s1. The van der Waals surface area contributed by atoms with Crippen molar-refractivity contribution in [2.24, 2.45) is 46.3 Å². The summed E-state index contributed by atoms with van der Waals surface area (Å²) in [5.41, 5.74) is 0.485. The second-order valence-electron chi connectivity index (χ2n) is 12.3. The molecule has 10 atom stereocenters. The van der Waals surface area contributed by atoms with Crippen LogP contribution in [0, 0.1) is 46.3 Å². The zero-order chi connectivity index (χ0) is 23.4. The maximum absolute atomic E-state index is 12.7. The molecule has 1 aromatic heterocycles. The van der Waals surface area contributed by atoms with E-state index in [1.54, 1.807) is 17.5 Å². The molecule has 0 spiro atoms. The van der Waals surface area contributed by atoms with E-state index in [4.69, 9.17) is 0 Å². The van der Waals surface area contributed by atoms with Crippen LogP contribution >= 0.6 is 11.3 Å². The number of hydrogen-bond acceptors (Lipinski definition) is 5. The maximum atomic E-state index is 12.7. The molecule has 4 aliphatic carbocycles. The predicted octanol–water partition coefficient (Wildman–Crippen LogP) is 4.78. The highest BCUT2D eigenvalue weighted by molar-refractivity contribution is 7.09. The summed E-state index contributed by atoms with van der Waals surface area (Å²) in [7, 11) is 0. The van der Waals surface area contributed by atoms with Gasteiger partial charge >= 0.3 is 0 Å². The molecule has 4 aliphatic rings. The van der Waals surface area contributed by atoms with Crippen molar-refractivity contribution in [1.29, 1.82) is 0 Å². The van der Waals surface area contributed by atoms with Gasteiger partial charge in [0.2, 0.25) is 5.91 Å². The van der Waals surface area contributed by atoms with Crippen molar-refractivity contribution in [2.45, 2.75) is 97.3 Å². The van der Waals surface area contributed by atoms with E-state index in [9.17, 15) is 15.0 Å². The number of amides is 1. The molecule has 4 saturated carbocycles. The first-order chi connectivity index (χ1) is 15.7. The molecule has 1 heterocycles. The van der Waals surface area contributed by atoms with Gasteiger partial charge in [-0.2, -0.15) is 0 Å². The van der Waals surface area contributed by atoms with Crippen LogP contribution in [0.2, 0.25) is 0 Å². The lowest BCUT2D eigenvalue weighted by Gasteiger charge is -2.62. The van der Waals surface area contributed by atoms with Crippen molar-refractivity contribution >= 4 is 17.2 Å². The lowest BCUT2D eigenvalue weighted by Crippen LogP contribution is -2.58. The molecule has 3 N–H and O–H groups in total. The summed E-state index contributed by atoms with van der Waals surface area (Å²) in [6.45, 7) is 7.74. The van der Waals surface area contributed by atoms with Crippen LogP contribution in [-0.4, -0.2) is 33.3 Å². The van der Waals surface area contributed by atoms with E-state index in [0.717, 1.165) is 30.7 Å². The maximum Gasteiger partial charge on any atom is 0.220 e. The fourth-order valence-electron chi connectivity index (χ4n) is 9.20. The second kappa shape index (κ2) is 8.91. The first-order valence-corrected chi connectivity index (χ1v) is 14.1. The van der Waals surface area contributed by atoms with Crippen molar-refractivity contribution in [3.63, 3.8) is 0 Å². The Labute approximate surface area is 202 Å². The zero-order valence-corrected chi connectivity index (χ0v) is 21.3. The molecular formula is C27H42N2O3S. The number of carbonyl (C=O) groups is 1. The molecule has 6 heteroatoms. The smallest absolute Gasteiger partial charge is 0.220 e. The number of nitrogens with one attached hydrogen (secondary N) is 1. The van der Waals surface area contributed by atoms with Gasteiger partial charge in [0, 0.05) is 18.0 Å². The van der Waals surface area contributed by atoms with Gasteiger partial charge < -0.3 is 15.5 Å². The van der Waals surface area contributed by atoms with E-state index in [-0.39, 0.29) is 28.9 Å². The number of aliphatic hydroxyl groups excluding tert-OH is 2. The summed E-state index contributed by atoms with van der Waals surface area (Å²) in [5.74, 6) is 3.00. The van der Waals surface area contributed by atoms with E-state index in [0.29, 0.717) is 48.5 Å². The Morgan fingerprint density at radius 2 is 1.91 bits per heavy atom. The van der Waals surface area contributed by atoms with Gasteiger partial charge in [-0.1, -0.05) is 20.8 Å². The van der Waals surface area contributed by atoms with Gasteiger partial charge in [-0.15, -0.1) is 11.3 Å². The number of aromatic nitrogens is 1. The summed E-state index contributed by atoms with van der Waals surface area (Å²) < 4.78 is 0. The molecule has 184 valence electrons. The molecule has 1 amide bonds. The molecule has 0 radical (unpaired) electrons. The van der Waals surface area contributed by atoms with Gasteiger partial charge in [0.25, 0.3) is 0 Å². The predicted molar refractivity (Wildman–Crippen MR) is 130 cm³/mol. The van der Waals surface area contributed by atoms with Crippen LogP contribution in [0.3, 0.4) is 0 Å². The number of nitrogens with zero attached hydrogens (tertiary/aromatic N) is 1. The first kappa shape index (κ1) is 23.7. The quantitative estimate of drug-likeness (QED) is 0.574. The van der Waals surface area contributed by atoms with Crippen molar-refractivity contribution < 1.29 is 15.0 Å². The molecule has 1 aromatic rings. The SMILES string of the molecule is C[C@H](CC(=O)NCc1nccs1)C1CC[C@H]2C3[C@H](O)CC4C[C@H](O)CCC4(C)[C@H]3CCC12C. The molecule has 0 saturated heterocycles. The van der Waals surface area contributed by atoms with E-state index in [2.05, 4.69) is 31.1 Å². The van der Waals surface area contributed by atoms with E-state index < -0.39 is 0 Å². The Kier molecular flexibility index (Phi) is 6.41. The van der Waals surface area contributed by atoms with Crippen LogP contribution in [0.25, 0.3) is 0 Å². The summed E-state index contributed by atoms with van der Waals surface area (Å²) >= 11 is 1.58. The van der Waals surface area contributed by atoms with E-state index in [1.165, 1.54) is 25.7 Å². The van der Waals surface area contributed by atoms with E-state index in [1.807, 2.05) is 5.38 Å². The highest BCUT2D eigenvalue weighted by atomic mass is 32.1. The molecule has 5 unspecified atom stereocenters. The van der Waals surface area contributed by atoms with Crippen molar-refractivity contribution in [3.8, 4) is 0 Å². The molecule has 0 aliphatic heterocycles. The molecule has 5 rings (SSSR count). The Hall–Kier alpha value is -0.980. The van der Waals surface area contributed by atoms with Crippen LogP contribution in [0.1, 0.15) is 83.6 Å². The summed E-state index contributed by atoms with van der Waals surface area (Å²) in [4.78, 5) is 16.9. The number of thiazole rings is 1. The van der Waals surface area contributed by atoms with Crippen LogP contribution < -0.4 is 5.32 Å². The van der Waals surface area contributed by atoms with Crippen molar-refractivity contribution in [2.75, 3.05) is 0 Å². The number of fused-ring (bicyclic) bond motifs is 5. The normalized spacial score (nSPS) is 45.5. The van der Waals surface area contributed by atoms with Crippen LogP contribution in [0.15, 0.2) is 11.6 Å². The average Bonchev–Trinajstić information content (AvgIpc) is 3.41. The highest BCUT2D eigenvalue weighted by Gasteiger charge is 2.62. The second-order valence-corrected chi connectivity index (χ2v) is 13.3. The van der Waals surface area contributed by atoms with Crippen LogP contribution in [-0.2, 0) is 11.3 Å². The fourth-order valence-corrected chi connectivity index (χ4v) is 9.75.